The fraction of sp³-hybridized carbons (Fsp3) is 0.0800. The molecule has 9 heteroatoms. The summed E-state index contributed by atoms with van der Waals surface area (Å²) < 4.78 is 5.44. The maximum absolute atomic E-state index is 12.2. The Morgan fingerprint density at radius 1 is 0.941 bits per heavy atom. The molecule has 5 aromatic rings. The molecule has 0 unspecified atom stereocenters. The van der Waals surface area contributed by atoms with Crippen molar-refractivity contribution in [2.45, 2.75) is 0 Å². The third-order valence-corrected chi connectivity index (χ3v) is 5.05. The Bertz CT molecular complexity index is 1560. The van der Waals surface area contributed by atoms with Crippen molar-refractivity contribution in [2.24, 2.45) is 0 Å². The molecular weight excluding hydrogens is 434 g/mol. The van der Waals surface area contributed by atoms with E-state index in [1.807, 2.05) is 44.4 Å². The van der Waals surface area contributed by atoms with Crippen molar-refractivity contribution in [3.63, 3.8) is 0 Å². The first-order valence-electron chi connectivity index (χ1n) is 10.3. The van der Waals surface area contributed by atoms with Crippen molar-refractivity contribution in [3.8, 4) is 11.5 Å². The van der Waals surface area contributed by atoms with E-state index in [1.165, 1.54) is 12.3 Å². The van der Waals surface area contributed by atoms with E-state index >= 15 is 0 Å². The number of benzene rings is 2. The molecule has 0 radical (unpaired) electrons. The third kappa shape index (κ3) is 4.40. The average Bonchev–Trinajstić information content (AvgIpc) is 2.83. The van der Waals surface area contributed by atoms with Crippen molar-refractivity contribution in [1.82, 2.24) is 15.0 Å². The molecule has 0 aliphatic carbocycles. The number of hydrogen-bond donors (Lipinski definition) is 2. The molecule has 34 heavy (non-hydrogen) atoms. The zero-order valence-electron chi connectivity index (χ0n) is 18.5. The molecule has 3 N–H and O–H groups in total. The molecule has 0 spiro atoms. The number of nitrogen functional groups attached to an aromatic ring is 1. The Morgan fingerprint density at radius 2 is 1.65 bits per heavy atom. The first-order chi connectivity index (χ1) is 16.4. The minimum atomic E-state index is -1.10. The number of carboxylic acid groups (broad SMARTS) is 1. The lowest BCUT2D eigenvalue weighted by molar-refractivity contribution is 0.0691. The molecule has 0 aliphatic rings. The van der Waals surface area contributed by atoms with Crippen LogP contribution >= 0.6 is 0 Å². The minimum absolute atomic E-state index is 0.0949. The van der Waals surface area contributed by atoms with Crippen molar-refractivity contribution in [1.29, 1.82) is 0 Å². The van der Waals surface area contributed by atoms with Crippen LogP contribution in [0.2, 0.25) is 0 Å². The second-order valence-electron chi connectivity index (χ2n) is 7.50. The Balaban J connectivity index is 0.000000231. The van der Waals surface area contributed by atoms with E-state index in [9.17, 15) is 9.59 Å². The number of fused-ring (bicyclic) bond motifs is 2. The zero-order chi connectivity index (χ0) is 24.2. The first-order valence-corrected chi connectivity index (χ1v) is 10.3. The van der Waals surface area contributed by atoms with Crippen LogP contribution in [-0.4, -0.2) is 40.1 Å². The van der Waals surface area contributed by atoms with Gasteiger partial charge in [-0.2, -0.15) is 0 Å². The Kier molecular flexibility index (Phi) is 6.18. The molecule has 0 fully saturated rings. The van der Waals surface area contributed by atoms with Crippen LogP contribution in [0.15, 0.2) is 82.3 Å². The second-order valence-corrected chi connectivity index (χ2v) is 7.50. The lowest BCUT2D eigenvalue weighted by Crippen LogP contribution is -2.09. The van der Waals surface area contributed by atoms with Crippen LogP contribution in [0.4, 0.5) is 11.4 Å². The topological polar surface area (TPSA) is 135 Å². The quantitative estimate of drug-likeness (QED) is 0.416. The van der Waals surface area contributed by atoms with Gasteiger partial charge in [0, 0.05) is 43.1 Å². The number of rotatable bonds is 3. The first kappa shape index (κ1) is 22.4. The number of pyridine rings is 2. The van der Waals surface area contributed by atoms with Gasteiger partial charge in [-0.1, -0.05) is 24.3 Å². The lowest BCUT2D eigenvalue weighted by atomic mass is 10.0. The van der Waals surface area contributed by atoms with Gasteiger partial charge in [0.05, 0.1) is 5.69 Å². The largest absolute Gasteiger partial charge is 0.476 e. The van der Waals surface area contributed by atoms with Crippen LogP contribution in [0.5, 0.6) is 0 Å². The summed E-state index contributed by atoms with van der Waals surface area (Å²) in [5.74, 6) is -0.792. The third-order valence-electron chi connectivity index (χ3n) is 5.05. The van der Waals surface area contributed by atoms with Crippen molar-refractivity contribution in [2.75, 3.05) is 24.7 Å². The van der Waals surface area contributed by atoms with E-state index in [0.29, 0.717) is 11.4 Å². The number of hydrogen-bond acceptors (Lipinski definition) is 8. The molecular formula is C25H21N5O4. The van der Waals surface area contributed by atoms with Gasteiger partial charge < -0.3 is 20.2 Å². The molecule has 170 valence electrons. The van der Waals surface area contributed by atoms with Crippen LogP contribution < -0.4 is 16.3 Å². The molecule has 3 aromatic heterocycles. The van der Waals surface area contributed by atoms with E-state index in [0.717, 1.165) is 22.0 Å². The molecule has 0 atom stereocenters. The molecule has 5 rings (SSSR count). The van der Waals surface area contributed by atoms with E-state index in [-0.39, 0.29) is 16.9 Å². The summed E-state index contributed by atoms with van der Waals surface area (Å²) in [5, 5.41) is 10.5. The van der Waals surface area contributed by atoms with E-state index in [4.69, 9.17) is 15.3 Å². The molecule has 0 amide bonds. The SMILES string of the molecule is CN(C)c1ccc(-c2nc3cccnc3c(=O)o2)c2ccccc12.Nc1cccnc1C(=O)O. The predicted molar refractivity (Wildman–Crippen MR) is 131 cm³/mol. The smallest absolute Gasteiger partial charge is 0.365 e. The van der Waals surface area contributed by atoms with Gasteiger partial charge in [0.2, 0.25) is 5.89 Å². The molecule has 0 aliphatic heterocycles. The number of carboxylic acids is 1. The number of nitrogens with zero attached hydrogens (tertiary/aromatic N) is 4. The Labute approximate surface area is 194 Å². The van der Waals surface area contributed by atoms with Gasteiger partial charge in [0.15, 0.2) is 11.2 Å². The summed E-state index contributed by atoms with van der Waals surface area (Å²) in [7, 11) is 4.00. The second kappa shape index (κ2) is 9.37. The highest BCUT2D eigenvalue weighted by Gasteiger charge is 2.14. The van der Waals surface area contributed by atoms with E-state index in [1.54, 1.807) is 24.4 Å². The van der Waals surface area contributed by atoms with Crippen molar-refractivity contribution >= 4 is 39.1 Å². The van der Waals surface area contributed by atoms with Crippen molar-refractivity contribution < 1.29 is 14.3 Å². The summed E-state index contributed by atoms with van der Waals surface area (Å²) in [6.07, 6.45) is 2.95. The summed E-state index contributed by atoms with van der Waals surface area (Å²) in [4.78, 5) is 36.6. The average molecular weight is 455 g/mol. The van der Waals surface area contributed by atoms with Crippen LogP contribution in [0.1, 0.15) is 10.5 Å². The fourth-order valence-electron chi connectivity index (χ4n) is 3.48. The lowest BCUT2D eigenvalue weighted by Gasteiger charge is -2.17. The van der Waals surface area contributed by atoms with E-state index in [2.05, 4.69) is 25.9 Å². The van der Waals surface area contributed by atoms with Crippen LogP contribution in [0.25, 0.3) is 33.3 Å². The van der Waals surface area contributed by atoms with Gasteiger partial charge in [0.25, 0.3) is 0 Å². The monoisotopic (exact) mass is 455 g/mol. The molecule has 0 saturated heterocycles. The summed E-state index contributed by atoms with van der Waals surface area (Å²) in [6, 6.07) is 18.6. The summed E-state index contributed by atoms with van der Waals surface area (Å²) >= 11 is 0. The molecule has 3 heterocycles. The fourth-order valence-corrected chi connectivity index (χ4v) is 3.48. The highest BCUT2D eigenvalue weighted by atomic mass is 16.4. The van der Waals surface area contributed by atoms with Gasteiger partial charge >= 0.3 is 11.6 Å². The minimum Gasteiger partial charge on any atom is -0.476 e. The van der Waals surface area contributed by atoms with Crippen molar-refractivity contribution in [3.05, 3.63) is 89.2 Å². The predicted octanol–water partition coefficient (Wildman–Crippen LogP) is 3.83. The number of aromatic carboxylic acids is 1. The van der Waals surface area contributed by atoms with Crippen LogP contribution in [0.3, 0.4) is 0 Å². The molecule has 0 bridgehead atoms. The molecule has 2 aromatic carbocycles. The number of aromatic nitrogens is 3. The van der Waals surface area contributed by atoms with Gasteiger partial charge in [-0.05, 0) is 41.8 Å². The van der Waals surface area contributed by atoms with E-state index < -0.39 is 11.6 Å². The maximum atomic E-state index is 12.2. The zero-order valence-corrected chi connectivity index (χ0v) is 18.5. The van der Waals surface area contributed by atoms with Gasteiger partial charge in [0.1, 0.15) is 5.52 Å². The Hall–Kier alpha value is -4.79. The number of carbonyl (C=O) groups is 1. The number of nitrogens with two attached hydrogens (primary N) is 1. The van der Waals surface area contributed by atoms with Crippen LogP contribution in [-0.2, 0) is 0 Å². The molecule has 0 saturated carbocycles. The van der Waals surface area contributed by atoms with Gasteiger partial charge in [-0.15, -0.1) is 0 Å². The summed E-state index contributed by atoms with van der Waals surface area (Å²) in [6.45, 7) is 0. The summed E-state index contributed by atoms with van der Waals surface area (Å²) in [5.41, 5.74) is 7.56. The maximum Gasteiger partial charge on any atom is 0.365 e. The normalized spacial score (nSPS) is 10.5. The Morgan fingerprint density at radius 3 is 2.32 bits per heavy atom. The standard InChI is InChI=1S/C19H15N3O2.C6H6N2O2/c1-22(2)16-10-9-14(12-6-3-4-7-13(12)16)18-21-15-8-5-11-20-17(15)19(23)24-18;7-4-2-1-3-8-5(4)6(9)10/h3-11H,1-2H3;1-3H,7H2,(H,9,10). The van der Waals surface area contributed by atoms with Gasteiger partial charge in [-0.3, -0.25) is 0 Å². The highest BCUT2D eigenvalue weighted by molar-refractivity contribution is 6.02. The number of anilines is 2. The highest BCUT2D eigenvalue weighted by Crippen LogP contribution is 2.33. The van der Waals surface area contributed by atoms with Crippen LogP contribution in [0, 0.1) is 0 Å². The van der Waals surface area contributed by atoms with Gasteiger partial charge in [-0.25, -0.2) is 24.5 Å². The molecule has 9 nitrogen and oxygen atoms in total.